The Labute approximate surface area is 213 Å². The Bertz CT molecular complexity index is 1230. The van der Waals surface area contributed by atoms with Gasteiger partial charge in [-0.1, -0.05) is 6.08 Å². The van der Waals surface area contributed by atoms with Crippen LogP contribution in [0.3, 0.4) is 0 Å². The Morgan fingerprint density at radius 2 is 1.66 bits per heavy atom. The van der Waals surface area contributed by atoms with Crippen LogP contribution in [0.4, 0.5) is 36.8 Å². The predicted octanol–water partition coefficient (Wildman–Crippen LogP) is 5.90. The summed E-state index contributed by atoms with van der Waals surface area (Å²) in [7, 11) is 1.78. The van der Waals surface area contributed by atoms with Gasteiger partial charge in [-0.25, -0.2) is 4.79 Å². The van der Waals surface area contributed by atoms with Crippen molar-refractivity contribution in [1.29, 1.82) is 0 Å². The molecule has 38 heavy (non-hydrogen) atoms. The average molecular weight is 542 g/mol. The first kappa shape index (κ1) is 28.4. The summed E-state index contributed by atoms with van der Waals surface area (Å²) in [6.45, 7) is 2.97. The zero-order chi connectivity index (χ0) is 28.1. The minimum atomic E-state index is -5.08. The molecule has 0 unspecified atom stereocenters. The molecule has 3 aromatic rings. The van der Waals surface area contributed by atoms with E-state index in [4.69, 9.17) is 4.42 Å². The van der Waals surface area contributed by atoms with Gasteiger partial charge in [-0.05, 0) is 42.5 Å². The smallest absolute Gasteiger partial charge is 0.416 e. The summed E-state index contributed by atoms with van der Waals surface area (Å²) in [6, 6.07) is 6.53. The lowest BCUT2D eigenvalue weighted by Gasteiger charge is -2.27. The van der Waals surface area contributed by atoms with Crippen LogP contribution in [-0.2, 0) is 37.3 Å². The van der Waals surface area contributed by atoms with Crippen molar-refractivity contribution in [3.05, 3.63) is 90.2 Å². The molecule has 2 heterocycles. The Morgan fingerprint density at radius 3 is 2.16 bits per heavy atom. The van der Waals surface area contributed by atoms with Crippen molar-refractivity contribution in [2.75, 3.05) is 18.4 Å². The van der Waals surface area contributed by atoms with Crippen molar-refractivity contribution >= 4 is 17.6 Å². The first-order chi connectivity index (χ1) is 17.8. The number of amides is 3. The normalized spacial score (nSPS) is 11.8. The number of aromatic nitrogens is 1. The van der Waals surface area contributed by atoms with Crippen molar-refractivity contribution in [3.8, 4) is 0 Å². The number of carbonyl (C=O) groups is 2. The zero-order valence-electron chi connectivity index (χ0n) is 20.1. The third-order valence-corrected chi connectivity index (χ3v) is 5.49. The fourth-order valence-electron chi connectivity index (χ4n) is 3.55. The van der Waals surface area contributed by atoms with Crippen LogP contribution >= 0.6 is 0 Å². The third kappa shape index (κ3) is 7.43. The van der Waals surface area contributed by atoms with E-state index in [0.29, 0.717) is 17.9 Å². The number of anilines is 1. The molecule has 0 aliphatic heterocycles. The summed E-state index contributed by atoms with van der Waals surface area (Å²) in [6.07, 6.45) is -5.68. The van der Waals surface area contributed by atoms with Crippen LogP contribution in [0.2, 0.25) is 0 Å². The number of nitrogens with zero attached hydrogens (tertiary/aromatic N) is 3. The molecule has 0 spiro atoms. The van der Waals surface area contributed by atoms with Gasteiger partial charge in [-0.2, -0.15) is 26.3 Å². The molecule has 0 atom stereocenters. The number of benzene rings is 1. The van der Waals surface area contributed by atoms with Gasteiger partial charge in [0.1, 0.15) is 12.3 Å². The molecule has 0 saturated heterocycles. The van der Waals surface area contributed by atoms with Gasteiger partial charge in [-0.3, -0.25) is 4.79 Å². The number of furan rings is 1. The van der Waals surface area contributed by atoms with Crippen LogP contribution in [0.15, 0.2) is 72.0 Å². The van der Waals surface area contributed by atoms with E-state index in [1.165, 1.54) is 17.2 Å². The van der Waals surface area contributed by atoms with E-state index >= 15 is 0 Å². The van der Waals surface area contributed by atoms with E-state index in [0.717, 1.165) is 10.6 Å². The number of urea groups is 1. The van der Waals surface area contributed by atoms with E-state index in [9.17, 15) is 35.9 Å². The van der Waals surface area contributed by atoms with Crippen LogP contribution in [-0.4, -0.2) is 39.4 Å². The van der Waals surface area contributed by atoms with Crippen LogP contribution in [0.5, 0.6) is 0 Å². The standard InChI is InChI=1S/C25H24F6N4O3/c1-3-8-34(23(37)32-19-12-17(24(26,27)28)11-18(13-19)25(29,30)31)16-22(36)35(15-21-7-5-10-38-21)14-20-6-4-9-33(20)2/h3-7,9-13H,1,8,14-16H2,2H3,(H,32,37). The van der Waals surface area contributed by atoms with Crippen LogP contribution < -0.4 is 5.32 Å². The molecule has 1 N–H and O–H groups in total. The lowest BCUT2D eigenvalue weighted by molar-refractivity contribution is -0.143. The molecule has 2 aromatic heterocycles. The first-order valence-corrected chi connectivity index (χ1v) is 11.1. The highest BCUT2D eigenvalue weighted by molar-refractivity contribution is 5.92. The van der Waals surface area contributed by atoms with Crippen LogP contribution in [0, 0.1) is 0 Å². The second kappa shape index (κ2) is 11.5. The number of hydrogen-bond acceptors (Lipinski definition) is 3. The first-order valence-electron chi connectivity index (χ1n) is 11.1. The molecule has 0 fully saturated rings. The van der Waals surface area contributed by atoms with Crippen molar-refractivity contribution in [3.63, 3.8) is 0 Å². The van der Waals surface area contributed by atoms with Gasteiger partial charge in [0.2, 0.25) is 5.91 Å². The predicted molar refractivity (Wildman–Crippen MR) is 126 cm³/mol. The fraction of sp³-hybridized carbons (Fsp3) is 0.280. The summed E-state index contributed by atoms with van der Waals surface area (Å²) in [4.78, 5) is 28.4. The highest BCUT2D eigenvalue weighted by atomic mass is 19.4. The Morgan fingerprint density at radius 1 is 1.00 bits per heavy atom. The maximum Gasteiger partial charge on any atom is 0.416 e. The van der Waals surface area contributed by atoms with Gasteiger partial charge in [0.15, 0.2) is 0 Å². The molecule has 0 saturated carbocycles. The van der Waals surface area contributed by atoms with E-state index < -0.39 is 47.6 Å². The van der Waals surface area contributed by atoms with E-state index in [1.807, 2.05) is 5.32 Å². The molecule has 7 nitrogen and oxygen atoms in total. The quantitative estimate of drug-likeness (QED) is 0.270. The summed E-state index contributed by atoms with van der Waals surface area (Å²) < 4.78 is 86.3. The number of halogens is 6. The molecule has 0 aliphatic carbocycles. The SMILES string of the molecule is C=CCN(CC(=O)N(Cc1ccco1)Cc1cccn1C)C(=O)Nc1cc(C(F)(F)F)cc(C(F)(F)F)c1. The molecule has 0 aliphatic rings. The van der Waals surface area contributed by atoms with Gasteiger partial charge in [0.05, 0.1) is 30.5 Å². The molecule has 13 heteroatoms. The van der Waals surface area contributed by atoms with E-state index in [-0.39, 0.29) is 25.7 Å². The molecule has 0 radical (unpaired) electrons. The molecule has 3 amide bonds. The maximum atomic E-state index is 13.2. The van der Waals surface area contributed by atoms with Crippen LogP contribution in [0.1, 0.15) is 22.6 Å². The number of nitrogens with one attached hydrogen (secondary N) is 1. The summed E-state index contributed by atoms with van der Waals surface area (Å²) >= 11 is 0. The minimum absolute atomic E-state index is 0.0449. The fourth-order valence-corrected chi connectivity index (χ4v) is 3.55. The van der Waals surface area contributed by atoms with Crippen molar-refractivity contribution < 1.29 is 40.3 Å². The van der Waals surface area contributed by atoms with Gasteiger partial charge < -0.3 is 24.1 Å². The lowest BCUT2D eigenvalue weighted by Crippen LogP contribution is -2.44. The monoisotopic (exact) mass is 542 g/mol. The van der Waals surface area contributed by atoms with Crippen molar-refractivity contribution in [1.82, 2.24) is 14.4 Å². The molecule has 204 valence electrons. The Hall–Kier alpha value is -4.16. The van der Waals surface area contributed by atoms with Gasteiger partial charge in [0, 0.05) is 31.2 Å². The molecule has 1 aromatic carbocycles. The van der Waals surface area contributed by atoms with Gasteiger partial charge >= 0.3 is 18.4 Å². The largest absolute Gasteiger partial charge is 0.467 e. The molecular formula is C25H24F6N4O3. The van der Waals surface area contributed by atoms with Crippen molar-refractivity contribution in [2.45, 2.75) is 25.4 Å². The summed E-state index contributed by atoms with van der Waals surface area (Å²) in [5.74, 6) is -0.0736. The second-order valence-electron chi connectivity index (χ2n) is 8.33. The maximum absolute atomic E-state index is 13.2. The average Bonchev–Trinajstić information content (AvgIpc) is 3.48. The Kier molecular flexibility index (Phi) is 8.59. The van der Waals surface area contributed by atoms with Gasteiger partial charge in [-0.15, -0.1) is 6.58 Å². The summed E-state index contributed by atoms with van der Waals surface area (Å²) in [5, 5.41) is 2.04. The van der Waals surface area contributed by atoms with Crippen LogP contribution in [0.25, 0.3) is 0 Å². The Balaban J connectivity index is 1.83. The number of rotatable bonds is 9. The highest BCUT2D eigenvalue weighted by Crippen LogP contribution is 2.37. The minimum Gasteiger partial charge on any atom is -0.467 e. The van der Waals surface area contributed by atoms with Crippen molar-refractivity contribution in [2.24, 2.45) is 7.05 Å². The number of alkyl halides is 6. The molecule has 0 bridgehead atoms. The lowest BCUT2D eigenvalue weighted by atomic mass is 10.1. The zero-order valence-corrected chi connectivity index (χ0v) is 20.1. The highest BCUT2D eigenvalue weighted by Gasteiger charge is 2.37. The summed E-state index contributed by atoms with van der Waals surface area (Å²) in [5.41, 5.74) is -3.12. The topological polar surface area (TPSA) is 70.7 Å². The third-order valence-electron chi connectivity index (χ3n) is 5.49. The van der Waals surface area contributed by atoms with E-state index in [2.05, 4.69) is 6.58 Å². The molecule has 3 rings (SSSR count). The number of carbonyl (C=O) groups excluding carboxylic acids is 2. The number of hydrogen-bond donors (Lipinski definition) is 1. The second-order valence-corrected chi connectivity index (χ2v) is 8.33. The van der Waals surface area contributed by atoms with E-state index in [1.54, 1.807) is 42.1 Å². The van der Waals surface area contributed by atoms with Gasteiger partial charge in [0.25, 0.3) is 0 Å². The number of aryl methyl sites for hydroxylation is 1. The molecular weight excluding hydrogens is 518 g/mol.